The van der Waals surface area contributed by atoms with Gasteiger partial charge in [-0.3, -0.25) is 4.68 Å². The first kappa shape index (κ1) is 12.4. The predicted molar refractivity (Wildman–Crippen MR) is 77.0 cm³/mol. The molecule has 0 saturated heterocycles. The molecule has 0 amide bonds. The molecular weight excluding hydrogens is 234 g/mol. The lowest BCUT2D eigenvalue weighted by molar-refractivity contribution is 0.638. The first-order valence-electron chi connectivity index (χ1n) is 7.17. The minimum atomic E-state index is 0.752. The van der Waals surface area contributed by atoms with E-state index in [-0.39, 0.29) is 0 Å². The van der Waals surface area contributed by atoms with Crippen molar-refractivity contribution in [2.45, 2.75) is 45.3 Å². The van der Waals surface area contributed by atoms with Gasteiger partial charge in [0.25, 0.3) is 0 Å². The molecule has 19 heavy (non-hydrogen) atoms. The van der Waals surface area contributed by atoms with Gasteiger partial charge in [-0.15, -0.1) is 0 Å². The summed E-state index contributed by atoms with van der Waals surface area (Å²) in [6.45, 7) is 4.04. The van der Waals surface area contributed by atoms with E-state index in [4.69, 9.17) is 0 Å². The summed E-state index contributed by atoms with van der Waals surface area (Å²) in [7, 11) is 0. The van der Waals surface area contributed by atoms with E-state index in [0.29, 0.717) is 0 Å². The Morgan fingerprint density at radius 2 is 2.05 bits per heavy atom. The molecule has 1 aliphatic carbocycles. The van der Waals surface area contributed by atoms with Gasteiger partial charge in [0.1, 0.15) is 0 Å². The van der Waals surface area contributed by atoms with Crippen molar-refractivity contribution < 1.29 is 0 Å². The van der Waals surface area contributed by atoms with Gasteiger partial charge < -0.3 is 5.32 Å². The quantitative estimate of drug-likeness (QED) is 0.860. The SMILES string of the molecule is CCc1c(CNC2CC2)cnn1Cc1ccccc1. The second-order valence-electron chi connectivity index (χ2n) is 5.27. The van der Waals surface area contributed by atoms with Gasteiger partial charge in [-0.1, -0.05) is 37.3 Å². The van der Waals surface area contributed by atoms with E-state index >= 15 is 0 Å². The summed E-state index contributed by atoms with van der Waals surface area (Å²) >= 11 is 0. The molecule has 0 spiro atoms. The number of nitrogens with one attached hydrogen (secondary N) is 1. The molecule has 1 N–H and O–H groups in total. The van der Waals surface area contributed by atoms with Gasteiger partial charge in [-0.2, -0.15) is 5.10 Å². The second-order valence-corrected chi connectivity index (χ2v) is 5.27. The fraction of sp³-hybridized carbons (Fsp3) is 0.438. The minimum Gasteiger partial charge on any atom is -0.310 e. The molecule has 1 aliphatic rings. The van der Waals surface area contributed by atoms with E-state index in [1.165, 1.54) is 29.7 Å². The summed E-state index contributed by atoms with van der Waals surface area (Å²) < 4.78 is 2.14. The largest absolute Gasteiger partial charge is 0.310 e. The van der Waals surface area contributed by atoms with Gasteiger partial charge in [0, 0.05) is 23.8 Å². The van der Waals surface area contributed by atoms with Crippen LogP contribution >= 0.6 is 0 Å². The molecule has 0 unspecified atom stereocenters. The zero-order chi connectivity index (χ0) is 13.1. The third-order valence-corrected chi connectivity index (χ3v) is 3.70. The van der Waals surface area contributed by atoms with E-state index in [9.17, 15) is 0 Å². The van der Waals surface area contributed by atoms with E-state index in [0.717, 1.165) is 25.6 Å². The lowest BCUT2D eigenvalue weighted by Gasteiger charge is -2.08. The highest BCUT2D eigenvalue weighted by Gasteiger charge is 2.21. The first-order chi connectivity index (χ1) is 9.36. The van der Waals surface area contributed by atoms with Crippen molar-refractivity contribution in [3.63, 3.8) is 0 Å². The summed E-state index contributed by atoms with van der Waals surface area (Å²) in [6, 6.07) is 11.3. The fourth-order valence-electron chi connectivity index (χ4n) is 2.44. The van der Waals surface area contributed by atoms with E-state index in [1.807, 2.05) is 6.20 Å². The Hall–Kier alpha value is -1.61. The molecule has 0 aliphatic heterocycles. The third-order valence-electron chi connectivity index (χ3n) is 3.70. The molecule has 1 aromatic heterocycles. The van der Waals surface area contributed by atoms with Gasteiger partial charge >= 0.3 is 0 Å². The molecule has 1 fully saturated rings. The molecule has 0 atom stereocenters. The highest BCUT2D eigenvalue weighted by Crippen LogP contribution is 2.20. The van der Waals surface area contributed by atoms with Crippen molar-refractivity contribution >= 4 is 0 Å². The van der Waals surface area contributed by atoms with Crippen molar-refractivity contribution in [1.29, 1.82) is 0 Å². The maximum absolute atomic E-state index is 4.56. The molecule has 1 heterocycles. The molecule has 0 radical (unpaired) electrons. The molecule has 1 saturated carbocycles. The average molecular weight is 255 g/mol. The highest BCUT2D eigenvalue weighted by molar-refractivity contribution is 5.21. The predicted octanol–water partition coefficient (Wildman–Crippen LogP) is 2.75. The summed E-state index contributed by atoms with van der Waals surface area (Å²) in [5.41, 5.74) is 4.02. The lowest BCUT2D eigenvalue weighted by atomic mass is 10.2. The Kier molecular flexibility index (Phi) is 3.65. The molecule has 3 heteroatoms. The van der Waals surface area contributed by atoms with Crippen LogP contribution in [0.15, 0.2) is 36.5 Å². The van der Waals surface area contributed by atoms with Crippen LogP contribution in [0.5, 0.6) is 0 Å². The molecule has 0 bridgehead atoms. The Balaban J connectivity index is 1.73. The van der Waals surface area contributed by atoms with Gasteiger partial charge in [-0.05, 0) is 24.8 Å². The lowest BCUT2D eigenvalue weighted by Crippen LogP contribution is -2.16. The number of nitrogens with zero attached hydrogens (tertiary/aromatic N) is 2. The van der Waals surface area contributed by atoms with Crippen LogP contribution in [-0.4, -0.2) is 15.8 Å². The maximum Gasteiger partial charge on any atom is 0.0662 e. The van der Waals surface area contributed by atoms with Gasteiger partial charge in [0.15, 0.2) is 0 Å². The summed E-state index contributed by atoms with van der Waals surface area (Å²) in [5, 5.41) is 8.13. The van der Waals surface area contributed by atoms with Crippen molar-refractivity contribution in [1.82, 2.24) is 15.1 Å². The van der Waals surface area contributed by atoms with Crippen LogP contribution in [0.2, 0.25) is 0 Å². The van der Waals surface area contributed by atoms with Crippen LogP contribution in [0.25, 0.3) is 0 Å². The van der Waals surface area contributed by atoms with Crippen LogP contribution in [0.4, 0.5) is 0 Å². The third kappa shape index (κ3) is 3.04. The van der Waals surface area contributed by atoms with Crippen LogP contribution < -0.4 is 5.32 Å². The summed E-state index contributed by atoms with van der Waals surface area (Å²) in [6.07, 6.45) is 5.73. The van der Waals surface area contributed by atoms with Gasteiger partial charge in [0.2, 0.25) is 0 Å². The Bertz CT molecular complexity index is 526. The van der Waals surface area contributed by atoms with Crippen molar-refractivity contribution in [2.75, 3.05) is 0 Å². The number of benzene rings is 1. The van der Waals surface area contributed by atoms with Crippen LogP contribution in [0.1, 0.15) is 36.6 Å². The zero-order valence-electron chi connectivity index (χ0n) is 11.5. The van der Waals surface area contributed by atoms with Gasteiger partial charge in [0.05, 0.1) is 12.7 Å². The van der Waals surface area contributed by atoms with E-state index < -0.39 is 0 Å². The number of aromatic nitrogens is 2. The normalized spacial score (nSPS) is 14.8. The molecule has 3 nitrogen and oxygen atoms in total. The van der Waals surface area contributed by atoms with E-state index in [2.05, 4.69) is 52.4 Å². The topological polar surface area (TPSA) is 29.9 Å². The van der Waals surface area contributed by atoms with Crippen LogP contribution in [0, 0.1) is 0 Å². The maximum atomic E-state index is 4.56. The monoisotopic (exact) mass is 255 g/mol. The smallest absolute Gasteiger partial charge is 0.0662 e. The fourth-order valence-corrected chi connectivity index (χ4v) is 2.44. The molecular formula is C16H21N3. The van der Waals surface area contributed by atoms with Crippen LogP contribution in [-0.2, 0) is 19.5 Å². The Labute approximate surface area is 114 Å². The standard InChI is InChI=1S/C16H21N3/c1-2-16-14(10-17-15-8-9-15)11-18-19(16)12-13-6-4-3-5-7-13/h3-7,11,15,17H,2,8-10,12H2,1H3. The van der Waals surface area contributed by atoms with Crippen LogP contribution in [0.3, 0.4) is 0 Å². The summed E-state index contributed by atoms with van der Waals surface area (Å²) in [4.78, 5) is 0. The molecule has 1 aromatic carbocycles. The second kappa shape index (κ2) is 5.57. The summed E-state index contributed by atoms with van der Waals surface area (Å²) in [5.74, 6) is 0. The minimum absolute atomic E-state index is 0.752. The number of hydrogen-bond acceptors (Lipinski definition) is 2. The van der Waals surface area contributed by atoms with Crippen molar-refractivity contribution in [2.24, 2.45) is 0 Å². The van der Waals surface area contributed by atoms with Crippen molar-refractivity contribution in [3.8, 4) is 0 Å². The van der Waals surface area contributed by atoms with E-state index in [1.54, 1.807) is 0 Å². The highest BCUT2D eigenvalue weighted by atomic mass is 15.3. The molecule has 3 rings (SSSR count). The Morgan fingerprint density at radius 3 is 2.74 bits per heavy atom. The zero-order valence-corrected chi connectivity index (χ0v) is 11.5. The number of hydrogen-bond donors (Lipinski definition) is 1. The first-order valence-corrected chi connectivity index (χ1v) is 7.17. The average Bonchev–Trinajstić information content (AvgIpc) is 3.20. The Morgan fingerprint density at radius 1 is 1.26 bits per heavy atom. The number of rotatable bonds is 6. The van der Waals surface area contributed by atoms with Crippen molar-refractivity contribution in [3.05, 3.63) is 53.3 Å². The molecule has 100 valence electrons. The van der Waals surface area contributed by atoms with Gasteiger partial charge in [-0.25, -0.2) is 0 Å². The molecule has 2 aromatic rings.